The first kappa shape index (κ1) is 13.7. The Balaban J connectivity index is 1.69. The molecule has 0 radical (unpaired) electrons. The lowest BCUT2D eigenvalue weighted by atomic mass is 9.92. The molecule has 1 unspecified atom stereocenters. The molecule has 0 spiro atoms. The predicted octanol–water partition coefficient (Wildman–Crippen LogP) is 2.59. The standard InChI is InChI=1S/C19H20N4O/c20-19(24)17-5-1-3-15-12-23(22-18(15)17)16-8-6-13(7-9-16)14-4-2-10-21-11-14/h1,3,5-9,12,14,21H,2,4,10-11H2,(H2,20,24)/i14D. The van der Waals surface area contributed by atoms with Gasteiger partial charge in [0.15, 0.2) is 0 Å². The monoisotopic (exact) mass is 321 g/mol. The van der Waals surface area contributed by atoms with E-state index in [2.05, 4.69) is 10.4 Å². The van der Waals surface area contributed by atoms with E-state index in [0.29, 0.717) is 17.6 Å². The van der Waals surface area contributed by atoms with Crippen LogP contribution >= 0.6 is 0 Å². The Hall–Kier alpha value is -2.66. The fourth-order valence-electron chi connectivity index (χ4n) is 3.23. The Bertz CT molecular complexity index is 926. The van der Waals surface area contributed by atoms with Gasteiger partial charge in [-0.15, -0.1) is 0 Å². The van der Waals surface area contributed by atoms with E-state index in [-0.39, 0.29) is 0 Å². The van der Waals surface area contributed by atoms with Crippen LogP contribution < -0.4 is 11.1 Å². The lowest BCUT2D eigenvalue weighted by Gasteiger charge is -2.23. The summed E-state index contributed by atoms with van der Waals surface area (Å²) in [4.78, 5) is 11.6. The van der Waals surface area contributed by atoms with Gasteiger partial charge in [-0.3, -0.25) is 4.79 Å². The van der Waals surface area contributed by atoms with Crippen molar-refractivity contribution in [3.63, 3.8) is 0 Å². The molecule has 1 aliphatic heterocycles. The molecule has 24 heavy (non-hydrogen) atoms. The van der Waals surface area contributed by atoms with Gasteiger partial charge < -0.3 is 11.1 Å². The molecule has 2 aromatic carbocycles. The Labute approximate surface area is 141 Å². The van der Waals surface area contributed by atoms with Crippen LogP contribution in [0.2, 0.25) is 0 Å². The number of rotatable bonds is 3. The van der Waals surface area contributed by atoms with E-state index in [1.807, 2.05) is 36.5 Å². The molecule has 1 fully saturated rings. The highest BCUT2D eigenvalue weighted by Crippen LogP contribution is 2.25. The second-order valence-corrected chi connectivity index (χ2v) is 6.11. The fraction of sp³-hybridized carbons (Fsp3) is 0.263. The summed E-state index contributed by atoms with van der Waals surface area (Å²) in [5, 5.41) is 8.70. The largest absolute Gasteiger partial charge is 0.366 e. The fourth-order valence-corrected chi connectivity index (χ4v) is 3.23. The number of fused-ring (bicyclic) bond motifs is 1. The number of hydrogen-bond donors (Lipinski definition) is 2. The SMILES string of the molecule is [2H]C1(c2ccc(-n3cc4cccc(C(N)=O)c4n3)cc2)CCCNC1. The Kier molecular flexibility index (Phi) is 3.49. The Morgan fingerprint density at radius 1 is 1.29 bits per heavy atom. The second-order valence-electron chi connectivity index (χ2n) is 6.11. The number of primary amides is 1. The summed E-state index contributed by atoms with van der Waals surface area (Å²) in [6, 6.07) is 13.3. The third kappa shape index (κ3) is 2.67. The number of hydrogen-bond acceptors (Lipinski definition) is 3. The van der Waals surface area contributed by atoms with E-state index in [0.717, 1.165) is 36.0 Å². The minimum Gasteiger partial charge on any atom is -0.366 e. The second kappa shape index (κ2) is 6.09. The molecular weight excluding hydrogens is 300 g/mol. The van der Waals surface area contributed by atoms with E-state index in [1.54, 1.807) is 16.8 Å². The van der Waals surface area contributed by atoms with Gasteiger partial charge in [0.05, 0.1) is 11.3 Å². The van der Waals surface area contributed by atoms with Crippen LogP contribution in [0.25, 0.3) is 16.6 Å². The van der Waals surface area contributed by atoms with Gasteiger partial charge in [-0.25, -0.2) is 4.68 Å². The zero-order valence-electron chi connectivity index (χ0n) is 14.3. The van der Waals surface area contributed by atoms with Crippen LogP contribution in [0, 0.1) is 0 Å². The van der Waals surface area contributed by atoms with Crippen molar-refractivity contribution in [1.29, 1.82) is 0 Å². The quantitative estimate of drug-likeness (QED) is 0.779. The van der Waals surface area contributed by atoms with Gasteiger partial charge in [-0.05, 0) is 49.0 Å². The van der Waals surface area contributed by atoms with E-state index < -0.39 is 11.8 Å². The first-order valence-corrected chi connectivity index (χ1v) is 8.17. The highest BCUT2D eigenvalue weighted by Gasteiger charge is 2.15. The Morgan fingerprint density at radius 3 is 2.83 bits per heavy atom. The summed E-state index contributed by atoms with van der Waals surface area (Å²) in [6.45, 7) is 1.67. The van der Waals surface area contributed by atoms with E-state index >= 15 is 0 Å². The number of aromatic nitrogens is 2. The molecule has 3 aromatic rings. The molecule has 1 aromatic heterocycles. The highest BCUT2D eigenvalue weighted by atomic mass is 16.1. The molecule has 2 heterocycles. The summed E-state index contributed by atoms with van der Waals surface area (Å²) >= 11 is 0. The van der Waals surface area contributed by atoms with Crippen molar-refractivity contribution in [2.75, 3.05) is 13.1 Å². The number of nitrogens with zero attached hydrogens (tertiary/aromatic N) is 2. The molecule has 1 atom stereocenters. The zero-order chi connectivity index (χ0) is 17.4. The highest BCUT2D eigenvalue weighted by molar-refractivity contribution is 6.04. The molecule has 4 rings (SSSR count). The smallest absolute Gasteiger partial charge is 0.250 e. The van der Waals surface area contributed by atoms with Crippen LogP contribution in [-0.4, -0.2) is 28.8 Å². The van der Waals surface area contributed by atoms with Gasteiger partial charge in [-0.2, -0.15) is 5.10 Å². The van der Waals surface area contributed by atoms with Gasteiger partial charge in [0.2, 0.25) is 0 Å². The van der Waals surface area contributed by atoms with E-state index in [1.165, 1.54) is 0 Å². The number of carbonyl (C=O) groups is 1. The zero-order valence-corrected chi connectivity index (χ0v) is 13.3. The van der Waals surface area contributed by atoms with Crippen molar-refractivity contribution in [2.45, 2.75) is 18.7 Å². The number of piperidine rings is 1. The van der Waals surface area contributed by atoms with Crippen LogP contribution in [0.5, 0.6) is 0 Å². The normalized spacial score (nSPS) is 21.6. The lowest BCUT2D eigenvalue weighted by molar-refractivity contribution is 0.100. The van der Waals surface area contributed by atoms with Crippen molar-refractivity contribution >= 4 is 16.8 Å². The minimum atomic E-state index is -0.565. The molecule has 1 amide bonds. The van der Waals surface area contributed by atoms with Crippen LogP contribution in [0.3, 0.4) is 0 Å². The first-order chi connectivity index (χ1) is 12.1. The number of amides is 1. The average molecular weight is 321 g/mol. The van der Waals surface area contributed by atoms with Crippen molar-refractivity contribution in [1.82, 2.24) is 15.1 Å². The molecule has 122 valence electrons. The molecule has 0 aliphatic carbocycles. The molecule has 5 nitrogen and oxygen atoms in total. The van der Waals surface area contributed by atoms with Gasteiger partial charge >= 0.3 is 0 Å². The lowest BCUT2D eigenvalue weighted by Crippen LogP contribution is -2.28. The number of carbonyl (C=O) groups excluding carboxylic acids is 1. The van der Waals surface area contributed by atoms with E-state index in [4.69, 9.17) is 7.10 Å². The Morgan fingerprint density at radius 2 is 2.12 bits per heavy atom. The van der Waals surface area contributed by atoms with Gasteiger partial charge in [-0.1, -0.05) is 24.3 Å². The van der Waals surface area contributed by atoms with Crippen LogP contribution in [0.1, 0.15) is 36.0 Å². The van der Waals surface area contributed by atoms with Crippen LogP contribution in [0.15, 0.2) is 48.7 Å². The van der Waals surface area contributed by atoms with E-state index in [9.17, 15) is 4.79 Å². The predicted molar refractivity (Wildman–Crippen MR) is 94.4 cm³/mol. The maximum atomic E-state index is 11.6. The average Bonchev–Trinajstić information content (AvgIpc) is 3.06. The maximum absolute atomic E-state index is 11.6. The molecule has 3 N–H and O–H groups in total. The summed E-state index contributed by atoms with van der Waals surface area (Å²) in [7, 11) is 0. The van der Waals surface area contributed by atoms with Crippen LogP contribution in [0.4, 0.5) is 0 Å². The minimum absolute atomic E-state index is 0.422. The van der Waals surface area contributed by atoms with Crippen LogP contribution in [-0.2, 0) is 0 Å². The third-order valence-electron chi connectivity index (χ3n) is 4.51. The number of nitrogens with one attached hydrogen (secondary N) is 1. The topological polar surface area (TPSA) is 72.9 Å². The molecule has 0 bridgehead atoms. The summed E-state index contributed by atoms with van der Waals surface area (Å²) < 4.78 is 10.4. The summed E-state index contributed by atoms with van der Waals surface area (Å²) in [6.07, 6.45) is 3.77. The molecular formula is C19H20N4O. The van der Waals surface area contributed by atoms with Crippen molar-refractivity contribution < 1.29 is 6.17 Å². The van der Waals surface area contributed by atoms with Crippen molar-refractivity contribution in [3.8, 4) is 5.69 Å². The van der Waals surface area contributed by atoms with Gasteiger partial charge in [0.1, 0.15) is 5.52 Å². The third-order valence-corrected chi connectivity index (χ3v) is 4.51. The molecule has 0 saturated carbocycles. The number of benzene rings is 2. The van der Waals surface area contributed by atoms with Crippen molar-refractivity contribution in [3.05, 3.63) is 59.8 Å². The maximum Gasteiger partial charge on any atom is 0.250 e. The number of nitrogens with two attached hydrogens (primary N) is 1. The summed E-state index contributed by atoms with van der Waals surface area (Å²) in [5.74, 6) is -1.04. The van der Waals surface area contributed by atoms with Gasteiger partial charge in [0, 0.05) is 19.5 Å². The van der Waals surface area contributed by atoms with Crippen molar-refractivity contribution in [2.24, 2.45) is 5.73 Å². The van der Waals surface area contributed by atoms with Gasteiger partial charge in [0.25, 0.3) is 5.91 Å². The summed E-state index contributed by atoms with van der Waals surface area (Å²) in [5.41, 5.74) is 8.36. The molecule has 1 aliphatic rings. The molecule has 5 heteroatoms. The molecule has 1 saturated heterocycles. The first-order valence-electron chi connectivity index (χ1n) is 8.67.